The van der Waals surface area contributed by atoms with E-state index < -0.39 is 10.5 Å². The average Bonchev–Trinajstić information content (AvgIpc) is 2.47. The third-order valence-electron chi connectivity index (χ3n) is 1.50. The molecule has 52 valence electrons. The zero-order valence-corrected chi connectivity index (χ0v) is 6.51. The third-order valence-corrected chi connectivity index (χ3v) is 2.83. The van der Waals surface area contributed by atoms with Gasteiger partial charge in [-0.2, -0.15) is 4.98 Å². The minimum Gasteiger partial charge on any atom is -0.198 e. The van der Waals surface area contributed by atoms with Crippen LogP contribution < -0.4 is 0 Å². The van der Waals surface area contributed by atoms with Gasteiger partial charge in [-0.25, -0.2) is 0 Å². The quantitative estimate of drug-likeness (QED) is 0.556. The summed E-state index contributed by atoms with van der Waals surface area (Å²) in [5, 5.41) is 10.9. The minimum atomic E-state index is -0.395. The highest BCUT2D eigenvalue weighted by molar-refractivity contribution is 7.41. The Hall–Kier alpha value is -1.40. The molecule has 3 heteroatoms. The molecular weight excluding hydrogens is 156 g/mol. The van der Waals surface area contributed by atoms with Gasteiger partial charge in [0.1, 0.15) is 16.0 Å². The van der Waals surface area contributed by atoms with E-state index in [1.54, 1.807) is 5.51 Å². The van der Waals surface area contributed by atoms with Crippen LogP contribution in [0.1, 0.15) is 0 Å². The van der Waals surface area contributed by atoms with Gasteiger partial charge in [0.25, 0.3) is 0 Å². The van der Waals surface area contributed by atoms with Crippen molar-refractivity contribution in [2.75, 3.05) is 0 Å². The summed E-state index contributed by atoms with van der Waals surface area (Å²) in [7, 11) is -0.395. The zero-order valence-electron chi connectivity index (χ0n) is 5.69. The molecule has 1 aromatic carbocycles. The van der Waals surface area contributed by atoms with Crippen molar-refractivity contribution >= 4 is 20.7 Å². The molecule has 0 amide bonds. The second-order valence-corrected chi connectivity index (χ2v) is 3.64. The number of aromatic nitrogens is 1. The number of nitriles is 1. The summed E-state index contributed by atoms with van der Waals surface area (Å²) in [5.74, 6) is 0. The molecule has 1 unspecified atom stereocenters. The number of fused-ring (bicyclic) bond motifs is 1. The van der Waals surface area contributed by atoms with Crippen LogP contribution in [0.25, 0.3) is 10.2 Å². The highest BCUT2D eigenvalue weighted by Gasteiger charge is 2.11. The smallest absolute Gasteiger partial charge is 0.198 e. The summed E-state index contributed by atoms with van der Waals surface area (Å²) in [5.41, 5.74) is 2.65. The van der Waals surface area contributed by atoms with E-state index in [1.165, 1.54) is 0 Å². The third kappa shape index (κ3) is 0.883. The molecule has 11 heavy (non-hydrogen) atoms. The van der Waals surface area contributed by atoms with Gasteiger partial charge in [-0.1, -0.05) is 12.1 Å². The van der Waals surface area contributed by atoms with E-state index in [2.05, 4.69) is 10.4 Å². The van der Waals surface area contributed by atoms with E-state index in [1.807, 2.05) is 24.3 Å². The topological polar surface area (TPSA) is 36.7 Å². The molecule has 0 saturated carbocycles. The molecule has 0 radical (unpaired) electrons. The molecule has 1 atom stereocenters. The van der Waals surface area contributed by atoms with Gasteiger partial charge in [-0.05, 0) is 6.07 Å². The van der Waals surface area contributed by atoms with Crippen LogP contribution in [0.5, 0.6) is 0 Å². The molecule has 2 nitrogen and oxygen atoms in total. The number of benzene rings is 1. The molecule has 0 spiro atoms. The van der Waals surface area contributed by atoms with Crippen LogP contribution in [0.4, 0.5) is 0 Å². The van der Waals surface area contributed by atoms with E-state index in [0.29, 0.717) is 0 Å². The SMILES string of the molecule is N#C[s+]1cnc2ccccc21. The summed E-state index contributed by atoms with van der Waals surface area (Å²) in [6.07, 6.45) is 0. The Morgan fingerprint density at radius 3 is 3.00 bits per heavy atom. The summed E-state index contributed by atoms with van der Waals surface area (Å²) < 4.78 is 1.05. The van der Waals surface area contributed by atoms with Crippen molar-refractivity contribution in [2.45, 2.75) is 0 Å². The number of hydrogen-bond donors (Lipinski definition) is 0. The zero-order chi connectivity index (χ0) is 7.68. The van der Waals surface area contributed by atoms with E-state index >= 15 is 0 Å². The first kappa shape index (κ1) is 6.32. The van der Waals surface area contributed by atoms with Crippen LogP contribution in [-0.2, 0) is 0 Å². The fourth-order valence-electron chi connectivity index (χ4n) is 0.989. The minimum absolute atomic E-state index is 0.395. The lowest BCUT2D eigenvalue weighted by Crippen LogP contribution is -1.62. The van der Waals surface area contributed by atoms with E-state index in [4.69, 9.17) is 5.26 Å². The maximum Gasteiger partial charge on any atom is 0.351 e. The van der Waals surface area contributed by atoms with Gasteiger partial charge in [-0.3, -0.25) is 0 Å². The number of hydrogen-bond acceptors (Lipinski definition) is 2. The predicted octanol–water partition coefficient (Wildman–Crippen LogP) is 2.31. The van der Waals surface area contributed by atoms with Gasteiger partial charge < -0.3 is 0 Å². The van der Waals surface area contributed by atoms with Crippen LogP contribution >= 0.6 is 10.5 Å². The number of thiazole rings is 1. The number of para-hydroxylation sites is 1. The lowest BCUT2D eigenvalue weighted by atomic mass is 10.3. The molecule has 2 rings (SSSR count). The molecule has 0 saturated heterocycles. The standard InChI is InChI=1S/C8H5N2S/c9-5-11-6-10-7-3-1-2-4-8(7)11/h1-4,6H/q+1. The fourth-order valence-corrected chi connectivity index (χ4v) is 2.04. The first-order valence-corrected chi connectivity index (χ1v) is 4.46. The molecule has 2 aromatic rings. The molecule has 0 aliphatic rings. The van der Waals surface area contributed by atoms with Gasteiger partial charge >= 0.3 is 5.40 Å². The van der Waals surface area contributed by atoms with Crippen LogP contribution in [0.2, 0.25) is 0 Å². The average molecular weight is 161 g/mol. The Kier molecular flexibility index (Phi) is 1.34. The maximum atomic E-state index is 8.68. The van der Waals surface area contributed by atoms with Crippen molar-refractivity contribution in [3.05, 3.63) is 29.8 Å². The Bertz CT molecular complexity index is 425. The summed E-state index contributed by atoms with van der Waals surface area (Å²) in [6.45, 7) is 0. The lowest BCUT2D eigenvalue weighted by molar-refractivity contribution is 1.50. The normalized spacial score (nSPS) is 11.4. The van der Waals surface area contributed by atoms with Gasteiger partial charge in [-0.15, -0.1) is 5.26 Å². The van der Waals surface area contributed by atoms with E-state index in [0.717, 1.165) is 10.2 Å². The lowest BCUT2D eigenvalue weighted by Gasteiger charge is -1.77. The van der Waals surface area contributed by atoms with Crippen molar-refractivity contribution in [1.82, 2.24) is 4.98 Å². The number of rotatable bonds is 0. The summed E-state index contributed by atoms with van der Waals surface area (Å²) in [4.78, 5) is 4.12. The Balaban J connectivity index is 2.89. The summed E-state index contributed by atoms with van der Waals surface area (Å²) in [6, 6.07) is 7.75. The van der Waals surface area contributed by atoms with Crippen molar-refractivity contribution in [2.24, 2.45) is 0 Å². The van der Waals surface area contributed by atoms with Gasteiger partial charge in [0.05, 0.1) is 0 Å². The summed E-state index contributed by atoms with van der Waals surface area (Å²) >= 11 is 0. The van der Waals surface area contributed by atoms with Crippen molar-refractivity contribution < 1.29 is 0 Å². The highest BCUT2D eigenvalue weighted by Crippen LogP contribution is 2.26. The molecule has 0 N–H and O–H groups in total. The predicted molar refractivity (Wildman–Crippen MR) is 45.2 cm³/mol. The van der Waals surface area contributed by atoms with Crippen LogP contribution in [-0.4, -0.2) is 4.98 Å². The highest BCUT2D eigenvalue weighted by atomic mass is 32.2. The molecule has 1 heterocycles. The fraction of sp³-hybridized carbons (Fsp3) is 0. The maximum absolute atomic E-state index is 8.68. The second kappa shape index (κ2) is 2.33. The first-order chi connectivity index (χ1) is 5.42. The Morgan fingerprint density at radius 1 is 1.36 bits per heavy atom. The molecule has 0 bridgehead atoms. The van der Waals surface area contributed by atoms with Gasteiger partial charge in [0, 0.05) is 6.07 Å². The molecule has 0 fully saturated rings. The van der Waals surface area contributed by atoms with E-state index in [-0.39, 0.29) is 0 Å². The largest absolute Gasteiger partial charge is 0.351 e. The second-order valence-electron chi connectivity index (χ2n) is 2.13. The van der Waals surface area contributed by atoms with Crippen molar-refractivity contribution in [3.8, 4) is 5.40 Å². The van der Waals surface area contributed by atoms with Crippen molar-refractivity contribution in [1.29, 1.82) is 5.26 Å². The van der Waals surface area contributed by atoms with E-state index in [9.17, 15) is 0 Å². The monoisotopic (exact) mass is 161 g/mol. The Labute approximate surface area is 66.7 Å². The molecule has 1 aromatic heterocycles. The van der Waals surface area contributed by atoms with Gasteiger partial charge in [0.2, 0.25) is 10.2 Å². The first-order valence-electron chi connectivity index (χ1n) is 3.18. The van der Waals surface area contributed by atoms with Gasteiger partial charge in [0.15, 0.2) is 0 Å². The van der Waals surface area contributed by atoms with Crippen LogP contribution in [0.3, 0.4) is 0 Å². The van der Waals surface area contributed by atoms with Crippen LogP contribution in [0, 0.1) is 10.7 Å². The van der Waals surface area contributed by atoms with Crippen LogP contribution in [0.15, 0.2) is 29.8 Å². The molecular formula is C8H5N2S+. The Morgan fingerprint density at radius 2 is 2.18 bits per heavy atom. The number of nitrogens with zero attached hydrogens (tertiary/aromatic N) is 2. The van der Waals surface area contributed by atoms with Crippen molar-refractivity contribution in [3.63, 3.8) is 0 Å². The molecule has 0 aliphatic heterocycles. The molecule has 0 aliphatic carbocycles.